The van der Waals surface area contributed by atoms with Crippen molar-refractivity contribution in [1.29, 1.82) is 0 Å². The highest BCUT2D eigenvalue weighted by atomic mass is 19.1. The zero-order valence-corrected chi connectivity index (χ0v) is 15.9. The molecule has 0 aliphatic carbocycles. The Hall–Kier alpha value is -2.74. The summed E-state index contributed by atoms with van der Waals surface area (Å²) in [6.07, 6.45) is 0.790. The molecule has 1 fully saturated rings. The minimum absolute atomic E-state index is 0.0631. The number of H-pyrrole nitrogens is 1. The van der Waals surface area contributed by atoms with Gasteiger partial charge in [0.2, 0.25) is 11.8 Å². The van der Waals surface area contributed by atoms with Crippen molar-refractivity contribution in [2.75, 3.05) is 26.2 Å². The fourth-order valence-corrected chi connectivity index (χ4v) is 4.04. The lowest BCUT2D eigenvalue weighted by atomic mass is 9.99. The third-order valence-electron chi connectivity index (χ3n) is 5.63. The second-order valence-electron chi connectivity index (χ2n) is 7.21. The number of nitrogens with one attached hydrogen (secondary N) is 2. The second-order valence-corrected chi connectivity index (χ2v) is 7.21. The molecule has 2 amide bonds. The van der Waals surface area contributed by atoms with Gasteiger partial charge in [0, 0.05) is 49.4 Å². The van der Waals surface area contributed by atoms with E-state index in [1.807, 2.05) is 11.8 Å². The molecule has 0 radical (unpaired) electrons. The topological polar surface area (TPSA) is 81.3 Å². The van der Waals surface area contributed by atoms with Crippen LogP contribution in [0.5, 0.6) is 0 Å². The maximum Gasteiger partial charge on any atom is 0.237 e. The number of likely N-dealkylation sites (N-methyl/N-ethyl adjacent to an activating group) is 1. The average molecular weight is 385 g/mol. The van der Waals surface area contributed by atoms with E-state index < -0.39 is 6.04 Å². The van der Waals surface area contributed by atoms with E-state index in [-0.39, 0.29) is 24.1 Å². The van der Waals surface area contributed by atoms with Gasteiger partial charge in [0.15, 0.2) is 0 Å². The summed E-state index contributed by atoms with van der Waals surface area (Å²) >= 11 is 0. The van der Waals surface area contributed by atoms with Crippen LogP contribution in [0, 0.1) is 5.82 Å². The molecule has 0 spiro atoms. The predicted molar refractivity (Wildman–Crippen MR) is 102 cm³/mol. The zero-order chi connectivity index (χ0) is 19.7. The molecule has 28 heavy (non-hydrogen) atoms. The number of nitrogens with zero attached hydrogens (tertiary/aromatic N) is 3. The van der Waals surface area contributed by atoms with Gasteiger partial charge in [-0.3, -0.25) is 19.6 Å². The zero-order valence-electron chi connectivity index (χ0n) is 15.9. The lowest BCUT2D eigenvalue weighted by molar-refractivity contribution is -0.139. The Balaban J connectivity index is 1.52. The number of hydrogen-bond acceptors (Lipinski definition) is 4. The summed E-state index contributed by atoms with van der Waals surface area (Å²) in [6, 6.07) is 6.08. The molecule has 1 saturated heterocycles. The summed E-state index contributed by atoms with van der Waals surface area (Å²) in [5.74, 6) is -0.487. The van der Waals surface area contributed by atoms with Gasteiger partial charge in [0.1, 0.15) is 11.5 Å². The second kappa shape index (κ2) is 7.71. The number of amides is 2. The standard InChI is InChI=1S/C20H24FN5O2/c1-2-25-10-8-22-20(28)17(25)11-18(27)26-9-7-16-14(12-26)19(24-23-16)13-5-3-4-6-15(13)21/h3-6,17H,2,7-12H2,1H3,(H,22,28)(H,23,24)/t17-/m0/s1. The summed E-state index contributed by atoms with van der Waals surface area (Å²) in [5, 5.41) is 10.1. The number of rotatable bonds is 4. The predicted octanol–water partition coefficient (Wildman–Crippen LogP) is 1.31. The fourth-order valence-electron chi connectivity index (χ4n) is 4.04. The van der Waals surface area contributed by atoms with Crippen molar-refractivity contribution in [3.05, 3.63) is 41.3 Å². The van der Waals surface area contributed by atoms with Crippen molar-refractivity contribution in [2.24, 2.45) is 0 Å². The summed E-state index contributed by atoms with van der Waals surface area (Å²) < 4.78 is 14.2. The van der Waals surface area contributed by atoms with Gasteiger partial charge in [-0.15, -0.1) is 0 Å². The lowest BCUT2D eigenvalue weighted by Crippen LogP contribution is -2.56. The Kier molecular flexibility index (Phi) is 5.13. The van der Waals surface area contributed by atoms with Crippen molar-refractivity contribution >= 4 is 11.8 Å². The van der Waals surface area contributed by atoms with Gasteiger partial charge >= 0.3 is 0 Å². The summed E-state index contributed by atoms with van der Waals surface area (Å²) in [6.45, 7) is 5.03. The number of fused-ring (bicyclic) bond motifs is 1. The van der Waals surface area contributed by atoms with Crippen molar-refractivity contribution in [3.63, 3.8) is 0 Å². The molecule has 1 aromatic carbocycles. The van der Waals surface area contributed by atoms with E-state index in [0.717, 1.165) is 24.3 Å². The number of aromatic amines is 1. The molecule has 2 aliphatic rings. The molecule has 2 N–H and O–H groups in total. The van der Waals surface area contributed by atoms with Gasteiger partial charge in [0.05, 0.1) is 12.5 Å². The molecular formula is C20H24FN5O2. The van der Waals surface area contributed by atoms with Crippen LogP contribution in [0.1, 0.15) is 24.6 Å². The van der Waals surface area contributed by atoms with Crippen LogP contribution in [0.15, 0.2) is 24.3 Å². The first kappa shape index (κ1) is 18.6. The Morgan fingerprint density at radius 1 is 1.32 bits per heavy atom. The SMILES string of the molecule is CCN1CCNC(=O)[C@@H]1CC(=O)N1CCc2[nH]nc(-c3ccccc3F)c2C1. The highest BCUT2D eigenvalue weighted by molar-refractivity contribution is 5.89. The maximum atomic E-state index is 14.2. The Morgan fingerprint density at radius 2 is 2.14 bits per heavy atom. The van der Waals surface area contributed by atoms with Crippen LogP contribution in [0.25, 0.3) is 11.3 Å². The number of carbonyl (C=O) groups is 2. The highest BCUT2D eigenvalue weighted by Crippen LogP contribution is 2.30. The first-order chi connectivity index (χ1) is 13.6. The number of aromatic nitrogens is 2. The minimum Gasteiger partial charge on any atom is -0.353 e. The van der Waals surface area contributed by atoms with E-state index in [0.29, 0.717) is 37.3 Å². The van der Waals surface area contributed by atoms with Crippen molar-refractivity contribution in [2.45, 2.75) is 32.4 Å². The van der Waals surface area contributed by atoms with E-state index in [9.17, 15) is 14.0 Å². The normalized spacial score (nSPS) is 20.0. The van der Waals surface area contributed by atoms with Crippen LogP contribution in [-0.4, -0.2) is 64.0 Å². The molecule has 8 heteroatoms. The molecule has 0 saturated carbocycles. The van der Waals surface area contributed by atoms with E-state index in [2.05, 4.69) is 15.5 Å². The summed E-state index contributed by atoms with van der Waals surface area (Å²) in [5.41, 5.74) is 2.77. The van der Waals surface area contributed by atoms with E-state index in [4.69, 9.17) is 0 Å². The monoisotopic (exact) mass is 385 g/mol. The van der Waals surface area contributed by atoms with E-state index in [1.165, 1.54) is 6.07 Å². The lowest BCUT2D eigenvalue weighted by Gasteiger charge is -2.35. The van der Waals surface area contributed by atoms with Gasteiger partial charge in [-0.1, -0.05) is 19.1 Å². The van der Waals surface area contributed by atoms with Gasteiger partial charge in [-0.25, -0.2) is 4.39 Å². The van der Waals surface area contributed by atoms with Crippen LogP contribution in [0.2, 0.25) is 0 Å². The Bertz CT molecular complexity index is 896. The number of benzene rings is 1. The van der Waals surface area contributed by atoms with E-state index >= 15 is 0 Å². The minimum atomic E-state index is -0.428. The molecule has 3 heterocycles. The molecule has 1 atom stereocenters. The first-order valence-corrected chi connectivity index (χ1v) is 9.69. The quantitative estimate of drug-likeness (QED) is 0.832. The van der Waals surface area contributed by atoms with Gasteiger partial charge in [-0.05, 0) is 18.7 Å². The number of hydrogen-bond donors (Lipinski definition) is 2. The number of halogens is 1. The molecule has 0 bridgehead atoms. The van der Waals surface area contributed by atoms with Crippen LogP contribution >= 0.6 is 0 Å². The van der Waals surface area contributed by atoms with Gasteiger partial charge < -0.3 is 10.2 Å². The van der Waals surface area contributed by atoms with Crippen molar-refractivity contribution in [3.8, 4) is 11.3 Å². The van der Waals surface area contributed by atoms with Crippen LogP contribution in [0.4, 0.5) is 4.39 Å². The highest BCUT2D eigenvalue weighted by Gasteiger charge is 2.33. The smallest absolute Gasteiger partial charge is 0.237 e. The van der Waals surface area contributed by atoms with Crippen LogP contribution in [0.3, 0.4) is 0 Å². The molecule has 2 aliphatic heterocycles. The Labute approximate surface area is 162 Å². The van der Waals surface area contributed by atoms with Crippen LogP contribution in [-0.2, 0) is 22.6 Å². The molecule has 4 rings (SSSR count). The molecule has 148 valence electrons. The molecule has 7 nitrogen and oxygen atoms in total. The van der Waals surface area contributed by atoms with Gasteiger partial charge in [0.25, 0.3) is 0 Å². The van der Waals surface area contributed by atoms with Crippen molar-refractivity contribution < 1.29 is 14.0 Å². The average Bonchev–Trinajstić information content (AvgIpc) is 3.12. The summed E-state index contributed by atoms with van der Waals surface area (Å²) in [4.78, 5) is 29.0. The third kappa shape index (κ3) is 3.40. The number of piperazine rings is 1. The molecule has 2 aromatic rings. The fraction of sp³-hybridized carbons (Fsp3) is 0.450. The Morgan fingerprint density at radius 3 is 2.93 bits per heavy atom. The molecule has 0 unspecified atom stereocenters. The van der Waals surface area contributed by atoms with Crippen LogP contribution < -0.4 is 5.32 Å². The largest absolute Gasteiger partial charge is 0.353 e. The maximum absolute atomic E-state index is 14.2. The van der Waals surface area contributed by atoms with Gasteiger partial charge in [-0.2, -0.15) is 5.10 Å². The molecule has 1 aromatic heterocycles. The van der Waals surface area contributed by atoms with E-state index in [1.54, 1.807) is 23.1 Å². The van der Waals surface area contributed by atoms with Crippen molar-refractivity contribution in [1.82, 2.24) is 25.3 Å². The number of carbonyl (C=O) groups excluding carboxylic acids is 2. The molecular weight excluding hydrogens is 361 g/mol. The summed E-state index contributed by atoms with van der Waals surface area (Å²) in [7, 11) is 0. The first-order valence-electron chi connectivity index (χ1n) is 9.69. The third-order valence-corrected chi connectivity index (χ3v) is 5.63.